The Morgan fingerprint density at radius 3 is 2.68 bits per heavy atom. The second kappa shape index (κ2) is 7.44. The number of carbonyl (C=O) groups is 3. The molecule has 1 fully saturated rings. The van der Waals surface area contributed by atoms with Gasteiger partial charge in [-0.25, -0.2) is 9.59 Å². The van der Waals surface area contributed by atoms with Gasteiger partial charge in [0.2, 0.25) is 6.10 Å². The summed E-state index contributed by atoms with van der Waals surface area (Å²) >= 11 is 0. The highest BCUT2D eigenvalue weighted by Crippen LogP contribution is 2.17. The Balaban J connectivity index is 1.64. The van der Waals surface area contributed by atoms with Crippen LogP contribution in [0.25, 0.3) is 0 Å². The number of hydrogen-bond donors (Lipinski definition) is 2. The number of cyclic esters (lactones) is 1. The molecule has 0 saturated carbocycles. The Hall–Kier alpha value is -2.57. The molecule has 2 rings (SSSR count). The molecule has 2 amide bonds. The van der Waals surface area contributed by atoms with Crippen molar-refractivity contribution in [1.82, 2.24) is 5.32 Å². The number of ether oxygens (including phenoxy) is 2. The van der Waals surface area contributed by atoms with Gasteiger partial charge in [0.1, 0.15) is 6.10 Å². The van der Waals surface area contributed by atoms with E-state index >= 15 is 0 Å². The average Bonchev–Trinajstić information content (AvgIpc) is 2.77. The average molecular weight is 306 g/mol. The van der Waals surface area contributed by atoms with Crippen LogP contribution >= 0.6 is 0 Å². The van der Waals surface area contributed by atoms with Crippen molar-refractivity contribution in [2.75, 3.05) is 11.9 Å². The molecule has 7 heteroatoms. The number of urea groups is 1. The van der Waals surface area contributed by atoms with Crippen LogP contribution in [0, 0.1) is 0 Å². The first kappa shape index (κ1) is 15.8. The quantitative estimate of drug-likeness (QED) is 0.803. The van der Waals surface area contributed by atoms with Crippen LogP contribution in [0.2, 0.25) is 0 Å². The third-order valence-electron chi connectivity index (χ3n) is 3.05. The molecule has 0 aromatic heterocycles. The fourth-order valence-electron chi connectivity index (χ4n) is 2.01. The van der Waals surface area contributed by atoms with Gasteiger partial charge in [0.25, 0.3) is 0 Å². The third kappa shape index (κ3) is 4.76. The van der Waals surface area contributed by atoms with Crippen molar-refractivity contribution in [3.05, 3.63) is 30.3 Å². The highest BCUT2D eigenvalue weighted by molar-refractivity contribution is 5.89. The van der Waals surface area contributed by atoms with E-state index in [4.69, 9.17) is 9.47 Å². The third-order valence-corrected chi connectivity index (χ3v) is 3.05. The van der Waals surface area contributed by atoms with E-state index in [9.17, 15) is 14.4 Å². The second-order valence-electron chi connectivity index (χ2n) is 4.96. The predicted molar refractivity (Wildman–Crippen MR) is 78.1 cm³/mol. The zero-order valence-electron chi connectivity index (χ0n) is 12.2. The first-order valence-corrected chi connectivity index (χ1v) is 7.04. The topological polar surface area (TPSA) is 93.7 Å². The molecule has 22 heavy (non-hydrogen) atoms. The number of carbonyl (C=O) groups excluding carboxylic acids is 3. The molecule has 0 bridgehead atoms. The minimum Gasteiger partial charge on any atom is -0.460 e. The van der Waals surface area contributed by atoms with Crippen LogP contribution in [-0.2, 0) is 19.1 Å². The van der Waals surface area contributed by atoms with Gasteiger partial charge >= 0.3 is 18.0 Å². The molecular weight excluding hydrogens is 288 g/mol. The van der Waals surface area contributed by atoms with Crippen molar-refractivity contribution in [1.29, 1.82) is 0 Å². The summed E-state index contributed by atoms with van der Waals surface area (Å²) in [6, 6.07) is 8.53. The highest BCUT2D eigenvalue weighted by atomic mass is 16.6. The molecule has 1 heterocycles. The lowest BCUT2D eigenvalue weighted by Gasteiger charge is -2.09. The van der Waals surface area contributed by atoms with Crippen LogP contribution in [0.3, 0.4) is 0 Å². The molecule has 0 unspecified atom stereocenters. The first-order valence-electron chi connectivity index (χ1n) is 7.04. The maximum Gasteiger partial charge on any atom is 0.347 e. The van der Waals surface area contributed by atoms with Gasteiger partial charge in [0.05, 0.1) is 6.42 Å². The number of anilines is 1. The number of hydrogen-bond acceptors (Lipinski definition) is 5. The number of para-hydroxylation sites is 1. The fraction of sp³-hybridized carbons (Fsp3) is 0.400. The number of benzene rings is 1. The Morgan fingerprint density at radius 2 is 2.05 bits per heavy atom. The summed E-state index contributed by atoms with van der Waals surface area (Å²) < 4.78 is 9.90. The van der Waals surface area contributed by atoms with E-state index in [1.165, 1.54) is 0 Å². The van der Waals surface area contributed by atoms with Crippen LogP contribution in [0.4, 0.5) is 10.5 Å². The van der Waals surface area contributed by atoms with Gasteiger partial charge in [0, 0.05) is 18.7 Å². The summed E-state index contributed by atoms with van der Waals surface area (Å²) in [7, 11) is 0. The van der Waals surface area contributed by atoms with E-state index in [2.05, 4.69) is 10.6 Å². The monoisotopic (exact) mass is 306 g/mol. The normalized spacial score (nSPS) is 20.1. The predicted octanol–water partition coefficient (Wildman–Crippen LogP) is 1.45. The maximum absolute atomic E-state index is 11.6. The van der Waals surface area contributed by atoms with Gasteiger partial charge in [0.15, 0.2) is 0 Å². The minimum absolute atomic E-state index is 0.0135. The molecule has 1 aliphatic heterocycles. The van der Waals surface area contributed by atoms with Crippen molar-refractivity contribution in [2.24, 2.45) is 0 Å². The summed E-state index contributed by atoms with van der Waals surface area (Å²) in [5.41, 5.74) is 0.658. The molecule has 2 atom stereocenters. The fourth-order valence-corrected chi connectivity index (χ4v) is 2.01. The van der Waals surface area contributed by atoms with E-state index in [-0.39, 0.29) is 19.1 Å². The molecule has 0 radical (unpaired) electrons. The Kier molecular flexibility index (Phi) is 5.35. The van der Waals surface area contributed by atoms with Crippen LogP contribution in [0.5, 0.6) is 0 Å². The van der Waals surface area contributed by atoms with Crippen LogP contribution < -0.4 is 10.6 Å². The molecule has 1 saturated heterocycles. The number of amides is 2. The van der Waals surface area contributed by atoms with Crippen LogP contribution in [0.15, 0.2) is 30.3 Å². The molecule has 2 N–H and O–H groups in total. The Labute approximate surface area is 128 Å². The SMILES string of the molecule is C[C@@H]1C[C@H](OC(=O)CCNC(=O)Nc2ccccc2)C(=O)O1. The largest absolute Gasteiger partial charge is 0.460 e. The molecule has 0 spiro atoms. The lowest BCUT2D eigenvalue weighted by Crippen LogP contribution is -2.32. The van der Waals surface area contributed by atoms with Crippen molar-refractivity contribution >= 4 is 23.7 Å². The standard InChI is InChI=1S/C15H18N2O5/c1-10-9-12(14(19)21-10)22-13(18)7-8-16-15(20)17-11-5-3-2-4-6-11/h2-6,10,12H,7-9H2,1H3,(H2,16,17,20)/t10-,12+/m1/s1. The lowest BCUT2D eigenvalue weighted by molar-refractivity contribution is -0.160. The van der Waals surface area contributed by atoms with Gasteiger partial charge in [-0.3, -0.25) is 4.79 Å². The zero-order chi connectivity index (χ0) is 15.9. The second-order valence-corrected chi connectivity index (χ2v) is 4.96. The van der Waals surface area contributed by atoms with E-state index in [0.29, 0.717) is 12.1 Å². The number of esters is 2. The Morgan fingerprint density at radius 1 is 1.32 bits per heavy atom. The molecular formula is C15H18N2O5. The van der Waals surface area contributed by atoms with Gasteiger partial charge in [-0.15, -0.1) is 0 Å². The van der Waals surface area contributed by atoms with Crippen molar-refractivity contribution in [2.45, 2.75) is 32.0 Å². The summed E-state index contributed by atoms with van der Waals surface area (Å²) in [6.45, 7) is 1.86. The lowest BCUT2D eigenvalue weighted by atomic mass is 10.2. The summed E-state index contributed by atoms with van der Waals surface area (Å²) in [5, 5.41) is 5.17. The molecule has 1 aromatic carbocycles. The smallest absolute Gasteiger partial charge is 0.347 e. The maximum atomic E-state index is 11.6. The summed E-state index contributed by atoms with van der Waals surface area (Å²) in [4.78, 5) is 34.5. The highest BCUT2D eigenvalue weighted by Gasteiger charge is 2.34. The first-order chi connectivity index (χ1) is 10.5. The summed E-state index contributed by atoms with van der Waals surface area (Å²) in [5.74, 6) is -1.06. The van der Waals surface area contributed by atoms with Gasteiger partial charge in [-0.1, -0.05) is 18.2 Å². The van der Waals surface area contributed by atoms with Gasteiger partial charge < -0.3 is 20.1 Å². The molecule has 1 aliphatic rings. The summed E-state index contributed by atoms with van der Waals surface area (Å²) in [6.07, 6.45) is -0.715. The minimum atomic E-state index is -0.833. The van der Waals surface area contributed by atoms with Crippen LogP contribution in [0.1, 0.15) is 19.8 Å². The van der Waals surface area contributed by atoms with E-state index in [1.54, 1.807) is 31.2 Å². The van der Waals surface area contributed by atoms with E-state index in [0.717, 1.165) is 0 Å². The van der Waals surface area contributed by atoms with Crippen LogP contribution in [-0.4, -0.2) is 36.7 Å². The molecule has 7 nitrogen and oxygen atoms in total. The molecule has 0 aliphatic carbocycles. The number of nitrogens with one attached hydrogen (secondary N) is 2. The van der Waals surface area contributed by atoms with Crippen molar-refractivity contribution in [3.63, 3.8) is 0 Å². The molecule has 1 aromatic rings. The zero-order valence-corrected chi connectivity index (χ0v) is 12.2. The Bertz CT molecular complexity index is 546. The number of rotatable bonds is 5. The van der Waals surface area contributed by atoms with E-state index in [1.807, 2.05) is 6.07 Å². The van der Waals surface area contributed by atoms with E-state index < -0.39 is 24.1 Å². The van der Waals surface area contributed by atoms with Crippen molar-refractivity contribution < 1.29 is 23.9 Å². The van der Waals surface area contributed by atoms with Crippen molar-refractivity contribution in [3.8, 4) is 0 Å². The van der Waals surface area contributed by atoms with Gasteiger partial charge in [-0.05, 0) is 19.1 Å². The van der Waals surface area contributed by atoms with Gasteiger partial charge in [-0.2, -0.15) is 0 Å². The molecule has 118 valence electrons.